The molecule has 0 atom stereocenters. The van der Waals surface area contributed by atoms with Crippen LogP contribution in [0.4, 0.5) is 5.69 Å². The molecule has 25 heavy (non-hydrogen) atoms. The zero-order valence-corrected chi connectivity index (χ0v) is 12.7. The van der Waals surface area contributed by atoms with Crippen LogP contribution in [0.3, 0.4) is 0 Å². The summed E-state index contributed by atoms with van der Waals surface area (Å²) in [5.41, 5.74) is 0.245. The van der Waals surface area contributed by atoms with Crippen LogP contribution in [0.25, 0.3) is 17.0 Å². The van der Waals surface area contributed by atoms with Crippen molar-refractivity contribution in [1.29, 1.82) is 5.26 Å². The first-order chi connectivity index (χ1) is 12.0. The van der Waals surface area contributed by atoms with E-state index in [2.05, 4.69) is 5.18 Å². The Hall–Kier alpha value is -3.92. The van der Waals surface area contributed by atoms with Gasteiger partial charge in [-0.05, 0) is 41.1 Å². The number of hydrogen-bond acceptors (Lipinski definition) is 6. The van der Waals surface area contributed by atoms with Crippen molar-refractivity contribution in [2.24, 2.45) is 5.18 Å². The molecule has 0 spiro atoms. The molecule has 0 aliphatic rings. The largest absolute Gasteiger partial charge is 0.504 e. The van der Waals surface area contributed by atoms with E-state index in [1.165, 1.54) is 16.7 Å². The van der Waals surface area contributed by atoms with Crippen molar-refractivity contribution >= 4 is 28.6 Å². The predicted molar refractivity (Wildman–Crippen MR) is 91.4 cm³/mol. The maximum Gasteiger partial charge on any atom is 0.273 e. The number of phenols is 2. The Balaban J connectivity index is 2.07. The van der Waals surface area contributed by atoms with Crippen LogP contribution in [0.5, 0.6) is 11.5 Å². The lowest BCUT2D eigenvalue weighted by Gasteiger charge is -2.05. The number of nitriles is 1. The molecule has 0 bridgehead atoms. The first-order valence-electron chi connectivity index (χ1n) is 7.17. The van der Waals surface area contributed by atoms with Gasteiger partial charge < -0.3 is 10.2 Å². The summed E-state index contributed by atoms with van der Waals surface area (Å²) in [6.45, 7) is 0. The number of nitrogens with zero attached hydrogens (tertiary/aromatic N) is 3. The van der Waals surface area contributed by atoms with E-state index in [0.717, 1.165) is 11.5 Å². The molecule has 3 rings (SSSR count). The van der Waals surface area contributed by atoms with E-state index in [4.69, 9.17) is 0 Å². The van der Waals surface area contributed by atoms with Crippen LogP contribution in [0.15, 0.2) is 59.4 Å². The van der Waals surface area contributed by atoms with Crippen LogP contribution in [-0.4, -0.2) is 20.7 Å². The highest BCUT2D eigenvalue weighted by Crippen LogP contribution is 2.37. The highest BCUT2D eigenvalue weighted by Gasteiger charge is 2.15. The van der Waals surface area contributed by atoms with Crippen molar-refractivity contribution in [2.45, 2.75) is 0 Å². The number of carbonyl (C=O) groups excluding carboxylic acids is 1. The Morgan fingerprint density at radius 2 is 1.96 bits per heavy atom. The SMILES string of the molecule is N#C/C(=C\c1cc(O)c(O)c(N=O)c1)C(=O)n1ccc2ccccc21. The number of carbonyl (C=O) groups is 1. The smallest absolute Gasteiger partial charge is 0.273 e. The molecule has 0 fully saturated rings. The Kier molecular flexibility index (Phi) is 4.02. The molecular formula is C18H11N3O4. The van der Waals surface area contributed by atoms with E-state index in [1.54, 1.807) is 24.4 Å². The van der Waals surface area contributed by atoms with Gasteiger partial charge in [-0.25, -0.2) is 0 Å². The fourth-order valence-electron chi connectivity index (χ4n) is 2.48. The first-order valence-corrected chi connectivity index (χ1v) is 7.17. The zero-order valence-electron chi connectivity index (χ0n) is 12.7. The van der Waals surface area contributed by atoms with Gasteiger partial charge in [-0.3, -0.25) is 9.36 Å². The van der Waals surface area contributed by atoms with Crippen LogP contribution in [0, 0.1) is 16.2 Å². The van der Waals surface area contributed by atoms with Gasteiger partial charge >= 0.3 is 0 Å². The number of nitroso groups, excluding NO2 is 1. The van der Waals surface area contributed by atoms with Gasteiger partial charge in [0.25, 0.3) is 5.91 Å². The number of para-hydroxylation sites is 1. The van der Waals surface area contributed by atoms with E-state index in [-0.39, 0.29) is 16.8 Å². The average molecular weight is 333 g/mol. The Morgan fingerprint density at radius 3 is 2.68 bits per heavy atom. The summed E-state index contributed by atoms with van der Waals surface area (Å²) < 4.78 is 1.34. The topological polar surface area (TPSA) is 116 Å². The number of allylic oxidation sites excluding steroid dienone is 1. The van der Waals surface area contributed by atoms with Gasteiger partial charge in [0.05, 0.1) is 5.52 Å². The van der Waals surface area contributed by atoms with Crippen LogP contribution in [0.2, 0.25) is 0 Å². The van der Waals surface area contributed by atoms with Crippen molar-refractivity contribution < 1.29 is 15.0 Å². The summed E-state index contributed by atoms with van der Waals surface area (Å²) in [6, 6.07) is 13.1. The molecule has 2 aromatic carbocycles. The molecular weight excluding hydrogens is 322 g/mol. The zero-order chi connectivity index (χ0) is 18.0. The number of benzene rings is 2. The third-order valence-electron chi connectivity index (χ3n) is 3.67. The molecule has 7 heteroatoms. The van der Waals surface area contributed by atoms with Gasteiger partial charge in [0.15, 0.2) is 17.2 Å². The van der Waals surface area contributed by atoms with Gasteiger partial charge in [0, 0.05) is 11.6 Å². The van der Waals surface area contributed by atoms with Gasteiger partial charge in [-0.15, -0.1) is 4.91 Å². The standard InChI is InChI=1S/C18H11N3O4/c19-10-13(7-11-8-14(20-25)17(23)16(22)9-11)18(24)21-6-5-12-3-1-2-4-15(12)21/h1-9,22-23H/b13-7+. The number of aromatic hydroxyl groups is 2. The molecule has 1 aromatic heterocycles. The second-order valence-corrected chi connectivity index (χ2v) is 5.22. The van der Waals surface area contributed by atoms with Crippen molar-refractivity contribution in [3.63, 3.8) is 0 Å². The average Bonchev–Trinajstić information content (AvgIpc) is 3.06. The van der Waals surface area contributed by atoms with E-state index >= 15 is 0 Å². The minimum atomic E-state index is -0.659. The quantitative estimate of drug-likeness (QED) is 0.328. The molecule has 122 valence electrons. The monoisotopic (exact) mass is 333 g/mol. The van der Waals surface area contributed by atoms with Crippen LogP contribution in [0.1, 0.15) is 10.4 Å². The third-order valence-corrected chi connectivity index (χ3v) is 3.67. The third kappa shape index (κ3) is 2.84. The number of hydrogen-bond donors (Lipinski definition) is 2. The van der Waals surface area contributed by atoms with Crippen molar-refractivity contribution in [3.8, 4) is 17.6 Å². The lowest BCUT2D eigenvalue weighted by atomic mass is 10.1. The predicted octanol–water partition coefficient (Wildman–Crippen LogP) is 3.70. The fourth-order valence-corrected chi connectivity index (χ4v) is 2.48. The number of fused-ring (bicyclic) bond motifs is 1. The molecule has 0 aliphatic carbocycles. The number of aromatic nitrogens is 1. The molecule has 0 saturated heterocycles. The highest BCUT2D eigenvalue weighted by atomic mass is 16.3. The van der Waals surface area contributed by atoms with Crippen molar-refractivity contribution in [1.82, 2.24) is 4.57 Å². The second-order valence-electron chi connectivity index (χ2n) is 5.22. The lowest BCUT2D eigenvalue weighted by molar-refractivity contribution is 0.0966. The minimum Gasteiger partial charge on any atom is -0.504 e. The molecule has 0 amide bonds. The number of phenolic OH excluding ortho intramolecular Hbond substituents is 2. The molecule has 0 radical (unpaired) electrons. The van der Waals surface area contributed by atoms with E-state index in [1.807, 2.05) is 18.2 Å². The Morgan fingerprint density at radius 1 is 1.20 bits per heavy atom. The van der Waals surface area contributed by atoms with Crippen LogP contribution >= 0.6 is 0 Å². The van der Waals surface area contributed by atoms with Gasteiger partial charge in [0.2, 0.25) is 0 Å². The fraction of sp³-hybridized carbons (Fsp3) is 0. The maximum absolute atomic E-state index is 12.6. The summed E-state index contributed by atoms with van der Waals surface area (Å²) in [5, 5.41) is 31.9. The molecule has 3 aromatic rings. The summed E-state index contributed by atoms with van der Waals surface area (Å²) >= 11 is 0. The molecule has 0 aliphatic heterocycles. The number of rotatable bonds is 3. The molecule has 0 saturated carbocycles. The van der Waals surface area contributed by atoms with E-state index in [0.29, 0.717) is 5.52 Å². The van der Waals surface area contributed by atoms with Crippen molar-refractivity contribution in [2.75, 3.05) is 0 Å². The second kappa shape index (κ2) is 6.29. The maximum atomic E-state index is 12.6. The summed E-state index contributed by atoms with van der Waals surface area (Å²) in [6.07, 6.45) is 2.77. The van der Waals surface area contributed by atoms with E-state index in [9.17, 15) is 25.2 Å². The highest BCUT2D eigenvalue weighted by molar-refractivity contribution is 6.07. The molecule has 2 N–H and O–H groups in total. The van der Waals surface area contributed by atoms with Gasteiger partial charge in [-0.2, -0.15) is 5.26 Å². The summed E-state index contributed by atoms with van der Waals surface area (Å²) in [4.78, 5) is 23.3. The van der Waals surface area contributed by atoms with Gasteiger partial charge in [0.1, 0.15) is 11.6 Å². The molecule has 0 unspecified atom stereocenters. The first kappa shape index (κ1) is 16.0. The summed E-state index contributed by atoms with van der Waals surface area (Å²) in [5.74, 6) is -1.79. The van der Waals surface area contributed by atoms with Crippen molar-refractivity contribution in [3.05, 3.63) is 64.7 Å². The molecule has 7 nitrogen and oxygen atoms in total. The van der Waals surface area contributed by atoms with Crippen LogP contribution in [-0.2, 0) is 0 Å². The normalized spacial score (nSPS) is 11.2. The minimum absolute atomic E-state index is 0.186. The lowest BCUT2D eigenvalue weighted by Crippen LogP contribution is -2.11. The van der Waals surface area contributed by atoms with E-state index < -0.39 is 17.4 Å². The molecule has 1 heterocycles. The Labute approximate surface area is 141 Å². The Bertz CT molecular complexity index is 1070. The van der Waals surface area contributed by atoms with Gasteiger partial charge in [-0.1, -0.05) is 18.2 Å². The van der Waals surface area contributed by atoms with Crippen LogP contribution < -0.4 is 0 Å². The summed E-state index contributed by atoms with van der Waals surface area (Å²) in [7, 11) is 0.